The highest BCUT2D eigenvalue weighted by molar-refractivity contribution is 5.80. The highest BCUT2D eigenvalue weighted by atomic mass is 16.2. The summed E-state index contributed by atoms with van der Waals surface area (Å²) in [6.45, 7) is 5.40. The molecule has 0 radical (unpaired) electrons. The van der Waals surface area contributed by atoms with Gasteiger partial charge in [-0.1, -0.05) is 13.0 Å². The van der Waals surface area contributed by atoms with Gasteiger partial charge < -0.3 is 9.80 Å². The van der Waals surface area contributed by atoms with E-state index in [-0.39, 0.29) is 17.2 Å². The maximum atomic E-state index is 12.9. The minimum absolute atomic E-state index is 0.0666. The Labute approximate surface area is 162 Å². The molecule has 0 atom stereocenters. The SMILES string of the molecule is CC1CCC(C(=O)N2CCC3(CC2)CC(=O)N(Cc2cccnc2)C3)CC1. The number of hydrogen-bond acceptors (Lipinski definition) is 3. The van der Waals surface area contributed by atoms with Gasteiger partial charge in [-0.2, -0.15) is 0 Å². The maximum Gasteiger partial charge on any atom is 0.225 e. The molecule has 3 fully saturated rings. The average molecular weight is 370 g/mol. The fourth-order valence-corrected chi connectivity index (χ4v) is 5.14. The van der Waals surface area contributed by atoms with Gasteiger partial charge in [0.25, 0.3) is 0 Å². The lowest BCUT2D eigenvalue weighted by atomic mass is 9.76. The molecule has 1 aliphatic carbocycles. The van der Waals surface area contributed by atoms with Crippen LogP contribution in [0.1, 0.15) is 57.4 Å². The lowest BCUT2D eigenvalue weighted by molar-refractivity contribution is -0.139. The van der Waals surface area contributed by atoms with Gasteiger partial charge in [0.1, 0.15) is 0 Å². The van der Waals surface area contributed by atoms with Crippen molar-refractivity contribution < 1.29 is 9.59 Å². The van der Waals surface area contributed by atoms with Gasteiger partial charge in [-0.05, 0) is 56.1 Å². The van der Waals surface area contributed by atoms with Crippen molar-refractivity contribution in [3.05, 3.63) is 30.1 Å². The second-order valence-electron chi connectivity index (χ2n) is 9.07. The molecule has 1 saturated carbocycles. The number of carbonyl (C=O) groups excluding carboxylic acids is 2. The largest absolute Gasteiger partial charge is 0.342 e. The number of pyridine rings is 1. The zero-order valence-corrected chi connectivity index (χ0v) is 16.4. The molecule has 2 amide bonds. The first-order valence-electron chi connectivity index (χ1n) is 10.5. The molecule has 1 aromatic heterocycles. The quantitative estimate of drug-likeness (QED) is 0.822. The predicted octanol–water partition coefficient (Wildman–Crippen LogP) is 3.25. The topological polar surface area (TPSA) is 53.5 Å². The van der Waals surface area contributed by atoms with Crippen LogP contribution in [-0.4, -0.2) is 46.2 Å². The Morgan fingerprint density at radius 3 is 2.63 bits per heavy atom. The lowest BCUT2D eigenvalue weighted by Gasteiger charge is -2.40. The van der Waals surface area contributed by atoms with Crippen LogP contribution in [0, 0.1) is 17.3 Å². The van der Waals surface area contributed by atoms with Crippen molar-refractivity contribution in [3.63, 3.8) is 0 Å². The summed E-state index contributed by atoms with van der Waals surface area (Å²) in [5.74, 6) is 1.63. The number of rotatable bonds is 3. The number of likely N-dealkylation sites (tertiary alicyclic amines) is 2. The first kappa shape index (κ1) is 18.5. The predicted molar refractivity (Wildman–Crippen MR) is 104 cm³/mol. The molecule has 27 heavy (non-hydrogen) atoms. The number of aromatic nitrogens is 1. The Balaban J connectivity index is 1.32. The van der Waals surface area contributed by atoms with Gasteiger partial charge >= 0.3 is 0 Å². The number of amides is 2. The van der Waals surface area contributed by atoms with E-state index in [9.17, 15) is 9.59 Å². The third-order valence-electron chi connectivity index (χ3n) is 7.00. The molecule has 0 aromatic carbocycles. The highest BCUT2D eigenvalue weighted by Crippen LogP contribution is 2.42. The summed E-state index contributed by atoms with van der Waals surface area (Å²) < 4.78 is 0. The van der Waals surface area contributed by atoms with E-state index < -0.39 is 0 Å². The van der Waals surface area contributed by atoms with Crippen LogP contribution in [0.15, 0.2) is 24.5 Å². The van der Waals surface area contributed by atoms with Crippen molar-refractivity contribution in [2.75, 3.05) is 19.6 Å². The fraction of sp³-hybridized carbons (Fsp3) is 0.682. The Kier molecular flexibility index (Phi) is 5.20. The molecule has 0 N–H and O–H groups in total. The van der Waals surface area contributed by atoms with Gasteiger partial charge in [-0.3, -0.25) is 14.6 Å². The fourth-order valence-electron chi connectivity index (χ4n) is 5.14. The van der Waals surface area contributed by atoms with E-state index in [0.717, 1.165) is 56.8 Å². The summed E-state index contributed by atoms with van der Waals surface area (Å²) in [5.41, 5.74) is 1.15. The van der Waals surface area contributed by atoms with Crippen LogP contribution in [0.5, 0.6) is 0 Å². The van der Waals surface area contributed by atoms with Crippen LogP contribution in [-0.2, 0) is 16.1 Å². The third kappa shape index (κ3) is 4.02. The van der Waals surface area contributed by atoms with Crippen molar-refractivity contribution in [2.45, 2.75) is 58.4 Å². The first-order valence-corrected chi connectivity index (χ1v) is 10.5. The summed E-state index contributed by atoms with van der Waals surface area (Å²) in [7, 11) is 0. The van der Waals surface area contributed by atoms with E-state index in [0.29, 0.717) is 18.9 Å². The molecule has 3 heterocycles. The molecule has 5 heteroatoms. The molecule has 2 saturated heterocycles. The Bertz CT molecular complexity index is 674. The van der Waals surface area contributed by atoms with Gasteiger partial charge in [0.05, 0.1) is 0 Å². The minimum Gasteiger partial charge on any atom is -0.342 e. The molecular formula is C22H31N3O2. The van der Waals surface area contributed by atoms with Crippen molar-refractivity contribution in [2.24, 2.45) is 17.3 Å². The van der Waals surface area contributed by atoms with E-state index in [1.54, 1.807) is 6.20 Å². The van der Waals surface area contributed by atoms with Crippen molar-refractivity contribution >= 4 is 11.8 Å². The van der Waals surface area contributed by atoms with Gasteiger partial charge in [0, 0.05) is 56.3 Å². The van der Waals surface area contributed by atoms with E-state index in [4.69, 9.17) is 0 Å². The number of nitrogens with zero attached hydrogens (tertiary/aromatic N) is 3. The van der Waals surface area contributed by atoms with Gasteiger partial charge in [0.2, 0.25) is 11.8 Å². The van der Waals surface area contributed by atoms with Crippen LogP contribution >= 0.6 is 0 Å². The Hall–Kier alpha value is -1.91. The summed E-state index contributed by atoms with van der Waals surface area (Å²) in [6.07, 6.45) is 10.6. The third-order valence-corrected chi connectivity index (χ3v) is 7.00. The van der Waals surface area contributed by atoms with E-state index in [1.165, 1.54) is 12.8 Å². The standard InChI is InChI=1S/C22H31N3O2/c1-17-4-6-19(7-5-17)21(27)24-11-8-22(9-12-24)13-20(26)25(16-22)15-18-3-2-10-23-14-18/h2-3,10,14,17,19H,4-9,11-13,15-16H2,1H3. The molecule has 1 spiro atoms. The second kappa shape index (κ2) is 7.61. The van der Waals surface area contributed by atoms with Crippen LogP contribution in [0.4, 0.5) is 0 Å². The van der Waals surface area contributed by atoms with Crippen LogP contribution in [0.2, 0.25) is 0 Å². The number of hydrogen-bond donors (Lipinski definition) is 0. The van der Waals surface area contributed by atoms with E-state index in [2.05, 4.69) is 16.8 Å². The van der Waals surface area contributed by atoms with Crippen LogP contribution in [0.3, 0.4) is 0 Å². The van der Waals surface area contributed by atoms with Gasteiger partial charge in [0.15, 0.2) is 0 Å². The number of carbonyl (C=O) groups is 2. The summed E-state index contributed by atoms with van der Waals surface area (Å²) in [6, 6.07) is 3.94. The maximum absolute atomic E-state index is 12.9. The lowest BCUT2D eigenvalue weighted by Crippen LogP contribution is -2.46. The molecule has 146 valence electrons. The van der Waals surface area contributed by atoms with Gasteiger partial charge in [-0.25, -0.2) is 0 Å². The molecule has 0 unspecified atom stereocenters. The normalized spacial score (nSPS) is 28.0. The molecule has 3 aliphatic rings. The molecule has 1 aromatic rings. The number of piperidine rings is 1. The zero-order chi connectivity index (χ0) is 18.9. The Morgan fingerprint density at radius 1 is 1.22 bits per heavy atom. The van der Waals surface area contributed by atoms with Gasteiger partial charge in [-0.15, -0.1) is 0 Å². The minimum atomic E-state index is 0.0666. The smallest absolute Gasteiger partial charge is 0.225 e. The van der Waals surface area contributed by atoms with Crippen LogP contribution < -0.4 is 0 Å². The molecule has 2 aliphatic heterocycles. The van der Waals surface area contributed by atoms with E-state index in [1.807, 2.05) is 23.2 Å². The Morgan fingerprint density at radius 2 is 1.96 bits per heavy atom. The molecular weight excluding hydrogens is 338 g/mol. The van der Waals surface area contributed by atoms with Crippen LogP contribution in [0.25, 0.3) is 0 Å². The molecule has 5 nitrogen and oxygen atoms in total. The average Bonchev–Trinajstić information content (AvgIpc) is 2.98. The van der Waals surface area contributed by atoms with E-state index >= 15 is 0 Å². The second-order valence-corrected chi connectivity index (χ2v) is 9.07. The summed E-state index contributed by atoms with van der Waals surface area (Å²) in [5, 5.41) is 0. The molecule has 0 bridgehead atoms. The zero-order valence-electron chi connectivity index (χ0n) is 16.4. The van der Waals surface area contributed by atoms with Crippen molar-refractivity contribution in [1.82, 2.24) is 14.8 Å². The first-order chi connectivity index (χ1) is 13.0. The summed E-state index contributed by atoms with van der Waals surface area (Å²) >= 11 is 0. The summed E-state index contributed by atoms with van der Waals surface area (Å²) in [4.78, 5) is 33.7. The monoisotopic (exact) mass is 369 g/mol. The highest BCUT2D eigenvalue weighted by Gasteiger charge is 2.45. The molecule has 4 rings (SSSR count). The van der Waals surface area contributed by atoms with Crippen molar-refractivity contribution in [1.29, 1.82) is 0 Å². The van der Waals surface area contributed by atoms with Crippen molar-refractivity contribution in [3.8, 4) is 0 Å².